The number of thioether (sulfide) groups is 1. The number of amides is 2. The van der Waals surface area contributed by atoms with Crippen molar-refractivity contribution < 1.29 is 9.59 Å². The van der Waals surface area contributed by atoms with Crippen LogP contribution in [0.5, 0.6) is 0 Å². The molecule has 0 aromatic heterocycles. The van der Waals surface area contributed by atoms with Gasteiger partial charge in [-0.1, -0.05) is 74.0 Å². The molecule has 0 saturated carbocycles. The molecule has 4 nitrogen and oxygen atoms in total. The standard InChI is InChI=1S/C25H34N2O2S/c1-5-20(4)26-25(29)23(6-2)27(16-21-12-8-7-9-13-21)24(28)18-30-17-22-14-10-11-19(3)15-22/h7-15,20,23H,5-6,16-18H2,1-4H3,(H,26,29)/t20-,23-/m1/s1. The van der Waals surface area contributed by atoms with Crippen LogP contribution < -0.4 is 5.32 Å². The molecule has 162 valence electrons. The molecule has 0 bridgehead atoms. The molecule has 2 amide bonds. The van der Waals surface area contributed by atoms with E-state index in [1.165, 1.54) is 11.1 Å². The van der Waals surface area contributed by atoms with Crippen molar-refractivity contribution in [1.29, 1.82) is 0 Å². The predicted molar refractivity (Wildman–Crippen MR) is 126 cm³/mol. The first-order chi connectivity index (χ1) is 14.4. The molecule has 0 heterocycles. The van der Waals surface area contributed by atoms with Crippen LogP contribution in [0.25, 0.3) is 0 Å². The number of carbonyl (C=O) groups excluding carboxylic acids is 2. The zero-order valence-electron chi connectivity index (χ0n) is 18.6. The van der Waals surface area contributed by atoms with E-state index in [0.717, 1.165) is 17.7 Å². The van der Waals surface area contributed by atoms with Crippen molar-refractivity contribution in [3.63, 3.8) is 0 Å². The predicted octanol–water partition coefficient (Wildman–Crippen LogP) is 4.95. The minimum Gasteiger partial charge on any atom is -0.352 e. The Balaban J connectivity index is 2.10. The van der Waals surface area contributed by atoms with Crippen LogP contribution in [0.4, 0.5) is 0 Å². The summed E-state index contributed by atoms with van der Waals surface area (Å²) in [4.78, 5) is 27.8. The van der Waals surface area contributed by atoms with Gasteiger partial charge in [-0.2, -0.15) is 0 Å². The molecule has 2 rings (SSSR count). The highest BCUT2D eigenvalue weighted by molar-refractivity contribution is 7.99. The lowest BCUT2D eigenvalue weighted by Crippen LogP contribution is -2.51. The first kappa shape index (κ1) is 24.0. The molecule has 0 spiro atoms. The number of hydrogen-bond acceptors (Lipinski definition) is 3. The van der Waals surface area contributed by atoms with Gasteiger partial charge in [-0.15, -0.1) is 11.8 Å². The first-order valence-corrected chi connectivity index (χ1v) is 11.9. The van der Waals surface area contributed by atoms with Gasteiger partial charge in [0.05, 0.1) is 5.75 Å². The Kier molecular flexibility index (Phi) is 9.95. The Bertz CT molecular complexity index is 810. The number of aryl methyl sites for hydroxylation is 1. The van der Waals surface area contributed by atoms with E-state index in [-0.39, 0.29) is 17.9 Å². The van der Waals surface area contributed by atoms with E-state index < -0.39 is 6.04 Å². The summed E-state index contributed by atoms with van der Waals surface area (Å²) in [7, 11) is 0. The molecule has 5 heteroatoms. The van der Waals surface area contributed by atoms with Gasteiger partial charge in [0.25, 0.3) is 0 Å². The normalized spacial score (nSPS) is 12.8. The second-order valence-electron chi connectivity index (χ2n) is 7.73. The molecule has 30 heavy (non-hydrogen) atoms. The van der Waals surface area contributed by atoms with E-state index in [4.69, 9.17) is 0 Å². The van der Waals surface area contributed by atoms with Crippen LogP contribution >= 0.6 is 11.8 Å². The SMILES string of the molecule is CC[C@@H](C)NC(=O)[C@@H](CC)N(Cc1ccccc1)C(=O)CSCc1cccc(C)c1. The monoisotopic (exact) mass is 426 g/mol. The summed E-state index contributed by atoms with van der Waals surface area (Å²) < 4.78 is 0. The van der Waals surface area contributed by atoms with Gasteiger partial charge in [0, 0.05) is 18.3 Å². The maximum absolute atomic E-state index is 13.2. The molecular formula is C25H34N2O2S. The number of hydrogen-bond donors (Lipinski definition) is 1. The summed E-state index contributed by atoms with van der Waals surface area (Å²) in [5.74, 6) is 1.07. The average Bonchev–Trinajstić information content (AvgIpc) is 2.74. The second kappa shape index (κ2) is 12.4. The third kappa shape index (κ3) is 7.52. The highest BCUT2D eigenvalue weighted by atomic mass is 32.2. The molecule has 0 fully saturated rings. The Labute approximate surface area is 185 Å². The first-order valence-electron chi connectivity index (χ1n) is 10.7. The molecule has 0 aliphatic rings. The third-order valence-electron chi connectivity index (χ3n) is 5.16. The maximum atomic E-state index is 13.2. The zero-order chi connectivity index (χ0) is 21.9. The highest BCUT2D eigenvalue weighted by Crippen LogP contribution is 2.18. The van der Waals surface area contributed by atoms with Gasteiger partial charge >= 0.3 is 0 Å². The van der Waals surface area contributed by atoms with E-state index >= 15 is 0 Å². The van der Waals surface area contributed by atoms with Crippen molar-refractivity contribution in [3.8, 4) is 0 Å². The largest absolute Gasteiger partial charge is 0.352 e. The number of carbonyl (C=O) groups is 2. The van der Waals surface area contributed by atoms with Crippen molar-refractivity contribution in [1.82, 2.24) is 10.2 Å². The molecule has 0 aliphatic heterocycles. The van der Waals surface area contributed by atoms with Gasteiger partial charge < -0.3 is 10.2 Å². The van der Waals surface area contributed by atoms with Crippen LogP contribution in [0.2, 0.25) is 0 Å². The van der Waals surface area contributed by atoms with E-state index in [2.05, 4.69) is 30.4 Å². The summed E-state index contributed by atoms with van der Waals surface area (Å²) in [5, 5.41) is 3.05. The van der Waals surface area contributed by atoms with Gasteiger partial charge in [-0.3, -0.25) is 9.59 Å². The lowest BCUT2D eigenvalue weighted by Gasteiger charge is -2.31. The van der Waals surface area contributed by atoms with Crippen molar-refractivity contribution in [2.24, 2.45) is 0 Å². The van der Waals surface area contributed by atoms with Gasteiger partial charge in [0.2, 0.25) is 11.8 Å². The Hall–Kier alpha value is -2.27. The van der Waals surface area contributed by atoms with Crippen LogP contribution in [0.1, 0.15) is 50.3 Å². The van der Waals surface area contributed by atoms with E-state index in [9.17, 15) is 9.59 Å². The maximum Gasteiger partial charge on any atom is 0.243 e. The molecule has 2 atom stereocenters. The number of nitrogens with zero attached hydrogens (tertiary/aromatic N) is 1. The minimum atomic E-state index is -0.466. The van der Waals surface area contributed by atoms with E-state index in [1.54, 1.807) is 16.7 Å². The van der Waals surface area contributed by atoms with Gasteiger partial charge in [0.1, 0.15) is 6.04 Å². The van der Waals surface area contributed by atoms with Gasteiger partial charge in [-0.25, -0.2) is 0 Å². The molecule has 0 unspecified atom stereocenters. The highest BCUT2D eigenvalue weighted by Gasteiger charge is 2.29. The smallest absolute Gasteiger partial charge is 0.243 e. The second-order valence-corrected chi connectivity index (χ2v) is 8.72. The van der Waals surface area contributed by atoms with Crippen molar-refractivity contribution in [2.45, 2.75) is 64.9 Å². The van der Waals surface area contributed by atoms with Gasteiger partial charge in [-0.05, 0) is 37.8 Å². The van der Waals surface area contributed by atoms with E-state index in [1.807, 2.05) is 57.2 Å². The summed E-state index contributed by atoms with van der Waals surface area (Å²) >= 11 is 1.60. The Morgan fingerprint density at radius 1 is 1.00 bits per heavy atom. The lowest BCUT2D eigenvalue weighted by atomic mass is 10.1. The summed E-state index contributed by atoms with van der Waals surface area (Å²) in [6.45, 7) is 8.51. The number of benzene rings is 2. The van der Waals surface area contributed by atoms with Crippen LogP contribution in [0, 0.1) is 6.92 Å². The molecule has 0 saturated heterocycles. The molecular weight excluding hydrogens is 392 g/mol. The fourth-order valence-corrected chi connectivity index (χ4v) is 4.14. The molecule has 2 aromatic rings. The average molecular weight is 427 g/mol. The number of rotatable bonds is 11. The number of nitrogens with one attached hydrogen (secondary N) is 1. The van der Waals surface area contributed by atoms with Crippen molar-refractivity contribution in [3.05, 3.63) is 71.3 Å². The molecule has 2 aromatic carbocycles. The Morgan fingerprint density at radius 3 is 2.33 bits per heavy atom. The van der Waals surface area contributed by atoms with Crippen LogP contribution in [-0.2, 0) is 21.9 Å². The summed E-state index contributed by atoms with van der Waals surface area (Å²) in [5.41, 5.74) is 3.46. The van der Waals surface area contributed by atoms with Crippen LogP contribution in [-0.4, -0.2) is 34.6 Å². The van der Waals surface area contributed by atoms with Crippen LogP contribution in [0.15, 0.2) is 54.6 Å². The fraction of sp³-hybridized carbons (Fsp3) is 0.440. The van der Waals surface area contributed by atoms with E-state index in [0.29, 0.717) is 18.7 Å². The zero-order valence-corrected chi connectivity index (χ0v) is 19.4. The Morgan fingerprint density at radius 2 is 1.70 bits per heavy atom. The fourth-order valence-electron chi connectivity index (χ4n) is 3.28. The molecule has 1 N–H and O–H groups in total. The van der Waals surface area contributed by atoms with Crippen molar-refractivity contribution >= 4 is 23.6 Å². The molecule has 0 aliphatic carbocycles. The molecule has 0 radical (unpaired) electrons. The van der Waals surface area contributed by atoms with Gasteiger partial charge in [0.15, 0.2) is 0 Å². The topological polar surface area (TPSA) is 49.4 Å². The summed E-state index contributed by atoms with van der Waals surface area (Å²) in [6.07, 6.45) is 1.45. The van der Waals surface area contributed by atoms with Crippen LogP contribution in [0.3, 0.4) is 0 Å². The summed E-state index contributed by atoms with van der Waals surface area (Å²) in [6, 6.07) is 17.9. The van der Waals surface area contributed by atoms with Crippen molar-refractivity contribution in [2.75, 3.05) is 5.75 Å². The lowest BCUT2D eigenvalue weighted by molar-refractivity contribution is -0.139. The third-order valence-corrected chi connectivity index (χ3v) is 6.15. The quantitative estimate of drug-likeness (QED) is 0.553. The minimum absolute atomic E-state index is 0.00246.